The van der Waals surface area contributed by atoms with Crippen LogP contribution in [0.4, 0.5) is 0 Å². The quantitative estimate of drug-likeness (QED) is 0.492. The maximum atomic E-state index is 8.09. The van der Waals surface area contributed by atoms with Gasteiger partial charge in [-0.3, -0.25) is 0 Å². The standard InChI is InChI=1S/C4H10O3.C3H8O.C2H4/c5-1-3-7-4-2-6;1-3-4-2;1-2/h5-6H,1-4H2;3H2,1-2H3;1-2H2. The number of hydrogen-bond acceptors (Lipinski definition) is 4. The molecule has 0 fully saturated rings. The van der Waals surface area contributed by atoms with Crippen molar-refractivity contribution in [3.63, 3.8) is 0 Å². The summed E-state index contributed by atoms with van der Waals surface area (Å²) in [6, 6.07) is 0. The summed E-state index contributed by atoms with van der Waals surface area (Å²) < 4.78 is 9.17. The molecule has 0 heterocycles. The van der Waals surface area contributed by atoms with Gasteiger partial charge in [-0.15, -0.1) is 13.2 Å². The second-order valence-electron chi connectivity index (χ2n) is 1.64. The van der Waals surface area contributed by atoms with Gasteiger partial charge in [-0.2, -0.15) is 0 Å². The minimum absolute atomic E-state index is 0.0278. The molecule has 0 unspecified atom stereocenters. The van der Waals surface area contributed by atoms with Crippen molar-refractivity contribution < 1.29 is 19.7 Å². The molecular formula is C9H22O4. The molecule has 0 aliphatic rings. The molecule has 4 heteroatoms. The van der Waals surface area contributed by atoms with Crippen molar-refractivity contribution in [3.05, 3.63) is 13.2 Å². The van der Waals surface area contributed by atoms with E-state index in [2.05, 4.69) is 22.6 Å². The highest BCUT2D eigenvalue weighted by Gasteiger charge is 1.79. The number of ether oxygens (including phenoxy) is 2. The summed E-state index contributed by atoms with van der Waals surface area (Å²) in [4.78, 5) is 0. The third-order valence-electron chi connectivity index (χ3n) is 0.760. The first-order valence-electron chi connectivity index (χ1n) is 4.11. The molecule has 0 aromatic carbocycles. The first-order chi connectivity index (χ1) is 6.33. The number of aliphatic hydroxyl groups is 2. The second-order valence-corrected chi connectivity index (χ2v) is 1.64. The van der Waals surface area contributed by atoms with Crippen LogP contribution in [0.5, 0.6) is 0 Å². The minimum atomic E-state index is 0.0278. The average Bonchev–Trinajstić information content (AvgIpc) is 2.22. The summed E-state index contributed by atoms with van der Waals surface area (Å²) in [7, 11) is 1.68. The van der Waals surface area contributed by atoms with Gasteiger partial charge in [0.1, 0.15) is 0 Å². The van der Waals surface area contributed by atoms with Crippen LogP contribution in [0.3, 0.4) is 0 Å². The zero-order valence-electron chi connectivity index (χ0n) is 8.66. The maximum Gasteiger partial charge on any atom is 0.0698 e. The summed E-state index contributed by atoms with van der Waals surface area (Å²) in [6.45, 7) is 9.47. The summed E-state index contributed by atoms with van der Waals surface area (Å²) in [5.74, 6) is 0. The van der Waals surface area contributed by atoms with Gasteiger partial charge >= 0.3 is 0 Å². The highest BCUT2D eigenvalue weighted by molar-refractivity contribution is 4.24. The molecule has 0 aliphatic heterocycles. The SMILES string of the molecule is C=C.CCOC.OCCOCCO. The van der Waals surface area contributed by atoms with Crippen LogP contribution in [0.15, 0.2) is 13.2 Å². The molecule has 0 aromatic rings. The number of hydrogen-bond donors (Lipinski definition) is 2. The minimum Gasteiger partial charge on any atom is -0.394 e. The zero-order chi connectivity index (χ0) is 10.9. The van der Waals surface area contributed by atoms with Gasteiger partial charge in [0.15, 0.2) is 0 Å². The Kier molecular flexibility index (Phi) is 42.3. The Morgan fingerprint density at radius 1 is 1.08 bits per heavy atom. The van der Waals surface area contributed by atoms with Crippen LogP contribution in [0.25, 0.3) is 0 Å². The third kappa shape index (κ3) is 50.7. The van der Waals surface area contributed by atoms with Crippen molar-refractivity contribution in [1.29, 1.82) is 0 Å². The predicted molar refractivity (Wildman–Crippen MR) is 53.8 cm³/mol. The van der Waals surface area contributed by atoms with Crippen molar-refractivity contribution in [2.45, 2.75) is 6.92 Å². The monoisotopic (exact) mass is 194 g/mol. The summed E-state index contributed by atoms with van der Waals surface area (Å²) >= 11 is 0. The van der Waals surface area contributed by atoms with Gasteiger partial charge in [-0.1, -0.05) is 0 Å². The predicted octanol–water partition coefficient (Wildman–Crippen LogP) is 0.442. The van der Waals surface area contributed by atoms with E-state index >= 15 is 0 Å². The Bertz CT molecular complexity index is 53.6. The fraction of sp³-hybridized carbons (Fsp3) is 0.778. The van der Waals surface area contributed by atoms with E-state index in [-0.39, 0.29) is 13.2 Å². The molecule has 0 spiro atoms. The lowest BCUT2D eigenvalue weighted by Gasteiger charge is -1.94. The molecule has 0 saturated carbocycles. The molecule has 0 rings (SSSR count). The van der Waals surface area contributed by atoms with Gasteiger partial charge < -0.3 is 19.7 Å². The molecule has 13 heavy (non-hydrogen) atoms. The Morgan fingerprint density at radius 3 is 1.54 bits per heavy atom. The molecule has 82 valence electrons. The lowest BCUT2D eigenvalue weighted by Crippen LogP contribution is -2.03. The van der Waals surface area contributed by atoms with E-state index < -0.39 is 0 Å². The van der Waals surface area contributed by atoms with E-state index in [4.69, 9.17) is 10.2 Å². The Morgan fingerprint density at radius 2 is 1.38 bits per heavy atom. The Labute approximate surface area is 80.8 Å². The van der Waals surface area contributed by atoms with Gasteiger partial charge in [-0.05, 0) is 6.92 Å². The lowest BCUT2D eigenvalue weighted by molar-refractivity contribution is 0.0650. The van der Waals surface area contributed by atoms with Crippen LogP contribution in [0.2, 0.25) is 0 Å². The van der Waals surface area contributed by atoms with Crippen LogP contribution in [0.1, 0.15) is 6.92 Å². The van der Waals surface area contributed by atoms with Crippen LogP contribution in [0, 0.1) is 0 Å². The van der Waals surface area contributed by atoms with Gasteiger partial charge in [-0.25, -0.2) is 0 Å². The highest BCUT2D eigenvalue weighted by Crippen LogP contribution is 1.68. The highest BCUT2D eigenvalue weighted by atomic mass is 16.5. The average molecular weight is 194 g/mol. The smallest absolute Gasteiger partial charge is 0.0698 e. The summed E-state index contributed by atoms with van der Waals surface area (Å²) in [6.07, 6.45) is 0. The van der Waals surface area contributed by atoms with Gasteiger partial charge in [0, 0.05) is 13.7 Å². The topological polar surface area (TPSA) is 58.9 Å². The molecule has 0 aromatic heterocycles. The first kappa shape index (κ1) is 18.4. The van der Waals surface area contributed by atoms with E-state index in [9.17, 15) is 0 Å². The molecule has 0 aliphatic carbocycles. The summed E-state index contributed by atoms with van der Waals surface area (Å²) in [5, 5.41) is 16.2. The third-order valence-corrected chi connectivity index (χ3v) is 0.760. The van der Waals surface area contributed by atoms with Crippen molar-refractivity contribution in [2.24, 2.45) is 0 Å². The molecule has 4 nitrogen and oxygen atoms in total. The van der Waals surface area contributed by atoms with Crippen molar-refractivity contribution >= 4 is 0 Å². The Hall–Kier alpha value is -0.420. The normalized spacial score (nSPS) is 7.69. The van der Waals surface area contributed by atoms with E-state index in [0.717, 1.165) is 6.61 Å². The molecule has 0 bridgehead atoms. The van der Waals surface area contributed by atoms with E-state index in [1.807, 2.05) is 6.92 Å². The molecule has 0 saturated heterocycles. The molecular weight excluding hydrogens is 172 g/mol. The molecule has 2 N–H and O–H groups in total. The van der Waals surface area contributed by atoms with E-state index in [0.29, 0.717) is 13.2 Å². The van der Waals surface area contributed by atoms with Crippen LogP contribution in [-0.4, -0.2) is 50.4 Å². The van der Waals surface area contributed by atoms with E-state index in [1.165, 1.54) is 0 Å². The van der Waals surface area contributed by atoms with E-state index in [1.54, 1.807) is 7.11 Å². The van der Waals surface area contributed by atoms with Crippen molar-refractivity contribution in [1.82, 2.24) is 0 Å². The van der Waals surface area contributed by atoms with Gasteiger partial charge in [0.2, 0.25) is 0 Å². The zero-order valence-corrected chi connectivity index (χ0v) is 8.66. The largest absolute Gasteiger partial charge is 0.394 e. The van der Waals surface area contributed by atoms with Gasteiger partial charge in [0.05, 0.1) is 26.4 Å². The fourth-order valence-corrected chi connectivity index (χ4v) is 0.231. The second kappa shape index (κ2) is 29.9. The first-order valence-corrected chi connectivity index (χ1v) is 4.11. The number of methoxy groups -OCH3 is 1. The van der Waals surface area contributed by atoms with Crippen molar-refractivity contribution in [2.75, 3.05) is 40.1 Å². The fourth-order valence-electron chi connectivity index (χ4n) is 0.231. The van der Waals surface area contributed by atoms with Gasteiger partial charge in [0.25, 0.3) is 0 Å². The molecule has 0 radical (unpaired) electrons. The summed E-state index contributed by atoms with van der Waals surface area (Å²) in [5.41, 5.74) is 0. The van der Waals surface area contributed by atoms with Crippen LogP contribution < -0.4 is 0 Å². The lowest BCUT2D eigenvalue weighted by atomic mass is 10.7. The Balaban J connectivity index is -0.000000142. The maximum absolute atomic E-state index is 8.09. The van der Waals surface area contributed by atoms with Crippen LogP contribution in [-0.2, 0) is 9.47 Å². The molecule has 0 amide bonds. The molecule has 0 atom stereocenters. The number of aliphatic hydroxyl groups excluding tert-OH is 2. The van der Waals surface area contributed by atoms with Crippen LogP contribution >= 0.6 is 0 Å². The number of rotatable bonds is 5. The van der Waals surface area contributed by atoms with Crippen molar-refractivity contribution in [3.8, 4) is 0 Å².